The van der Waals surface area contributed by atoms with Gasteiger partial charge in [0.25, 0.3) is 0 Å². The van der Waals surface area contributed by atoms with Gasteiger partial charge in [-0.15, -0.1) is 0 Å². The number of hydrogen-bond acceptors (Lipinski definition) is 5. The first-order valence-corrected chi connectivity index (χ1v) is 11.9. The summed E-state index contributed by atoms with van der Waals surface area (Å²) in [6.45, 7) is 6.53. The van der Waals surface area contributed by atoms with Crippen LogP contribution >= 0.6 is 0 Å². The molecule has 8 heteroatoms. The molecule has 0 N–H and O–H groups in total. The molecule has 3 atom stereocenters. The predicted octanol–water partition coefficient (Wildman–Crippen LogP) is 2.93. The summed E-state index contributed by atoms with van der Waals surface area (Å²) in [6, 6.07) is 7.16. The maximum atomic E-state index is 13.3. The number of amides is 1. The lowest BCUT2D eigenvalue weighted by atomic mass is 9.69. The van der Waals surface area contributed by atoms with E-state index >= 15 is 0 Å². The lowest BCUT2D eigenvalue weighted by Gasteiger charge is -2.42. The molecule has 158 valence electrons. The van der Waals surface area contributed by atoms with Crippen LogP contribution in [0.2, 0.25) is 0 Å². The van der Waals surface area contributed by atoms with Crippen LogP contribution in [0.15, 0.2) is 29.4 Å². The Hall–Kier alpha value is -1.80. The molecule has 1 aromatic rings. The van der Waals surface area contributed by atoms with Crippen molar-refractivity contribution in [2.75, 3.05) is 30.3 Å². The molecule has 29 heavy (non-hydrogen) atoms. The summed E-state index contributed by atoms with van der Waals surface area (Å²) >= 11 is 0. The number of carbonyl (C=O) groups excluding carboxylic acids is 1. The number of carbonyl (C=O) groups is 1. The molecule has 1 heterocycles. The molecule has 0 spiro atoms. The number of para-hydroxylation sites is 1. The van der Waals surface area contributed by atoms with Gasteiger partial charge in [0.15, 0.2) is 0 Å². The summed E-state index contributed by atoms with van der Waals surface area (Å²) in [4.78, 5) is 26.0. The fraction of sp³-hybridized carbons (Fsp3) is 0.667. The second-order valence-electron chi connectivity index (χ2n) is 9.39. The highest BCUT2D eigenvalue weighted by molar-refractivity contribution is 7.89. The monoisotopic (exact) mass is 419 g/mol. The summed E-state index contributed by atoms with van der Waals surface area (Å²) in [6.07, 6.45) is 2.32. The van der Waals surface area contributed by atoms with Crippen molar-refractivity contribution in [3.8, 4) is 0 Å². The van der Waals surface area contributed by atoms with Crippen LogP contribution in [0.4, 0.5) is 5.69 Å². The number of piperazine rings is 1. The number of fused-ring (bicyclic) bond motifs is 2. The molecular weight excluding hydrogens is 390 g/mol. The molecule has 0 radical (unpaired) electrons. The highest BCUT2D eigenvalue weighted by atomic mass is 32.2. The van der Waals surface area contributed by atoms with Crippen LogP contribution in [0.25, 0.3) is 0 Å². The van der Waals surface area contributed by atoms with Crippen molar-refractivity contribution in [3.05, 3.63) is 34.7 Å². The minimum atomic E-state index is -3.69. The standard InChI is InChI=1S/C21H29N3O4S/c1-15-6-4-5-7-17(15)24-11-10-23(13-19(24)25)29(27,28)14-21-9-8-16(20(21,2)3)12-18(21)22-26/h4-7,16,18H,8-14H2,1-3H3. The number of anilines is 1. The Morgan fingerprint density at radius 1 is 1.21 bits per heavy atom. The van der Waals surface area contributed by atoms with Gasteiger partial charge in [-0.05, 0) is 49.1 Å². The van der Waals surface area contributed by atoms with Crippen molar-refractivity contribution in [1.29, 1.82) is 0 Å². The van der Waals surface area contributed by atoms with E-state index in [1.165, 1.54) is 4.31 Å². The minimum Gasteiger partial charge on any atom is -0.310 e. The number of rotatable bonds is 5. The van der Waals surface area contributed by atoms with Crippen molar-refractivity contribution in [2.45, 2.75) is 46.1 Å². The Bertz CT molecular complexity index is 945. The van der Waals surface area contributed by atoms with E-state index in [1.54, 1.807) is 4.90 Å². The first-order chi connectivity index (χ1) is 13.6. The van der Waals surface area contributed by atoms with Gasteiger partial charge in [0.05, 0.1) is 18.3 Å². The van der Waals surface area contributed by atoms with Crippen LogP contribution in [-0.4, -0.2) is 50.1 Å². The molecule has 3 unspecified atom stereocenters. The van der Waals surface area contributed by atoms with Gasteiger partial charge in [-0.1, -0.05) is 37.2 Å². The van der Waals surface area contributed by atoms with E-state index in [4.69, 9.17) is 0 Å². The first kappa shape index (κ1) is 20.5. The molecule has 3 aliphatic rings. The Balaban J connectivity index is 1.54. The Labute approximate surface area is 172 Å². The van der Waals surface area contributed by atoms with Gasteiger partial charge < -0.3 is 4.90 Å². The zero-order valence-corrected chi connectivity index (χ0v) is 18.1. The van der Waals surface area contributed by atoms with Crippen molar-refractivity contribution in [3.63, 3.8) is 0 Å². The predicted molar refractivity (Wildman–Crippen MR) is 112 cm³/mol. The maximum absolute atomic E-state index is 13.3. The Morgan fingerprint density at radius 3 is 2.55 bits per heavy atom. The molecule has 7 nitrogen and oxygen atoms in total. The van der Waals surface area contributed by atoms with E-state index in [2.05, 4.69) is 19.0 Å². The first-order valence-electron chi connectivity index (χ1n) is 10.3. The van der Waals surface area contributed by atoms with Gasteiger partial charge in [0.1, 0.15) is 0 Å². The smallest absolute Gasteiger partial charge is 0.242 e. The number of sulfonamides is 1. The summed E-state index contributed by atoms with van der Waals surface area (Å²) in [7, 11) is -3.69. The summed E-state index contributed by atoms with van der Waals surface area (Å²) in [5.74, 6) is 0.0176. The van der Waals surface area contributed by atoms with E-state index in [1.807, 2.05) is 31.2 Å². The molecule has 1 aromatic carbocycles. The molecule has 2 aliphatic carbocycles. The number of benzene rings is 1. The Morgan fingerprint density at radius 2 is 1.93 bits per heavy atom. The topological polar surface area (TPSA) is 87.1 Å². The molecule has 1 amide bonds. The highest BCUT2D eigenvalue weighted by Crippen LogP contribution is 2.67. The summed E-state index contributed by atoms with van der Waals surface area (Å²) < 4.78 is 28.0. The maximum Gasteiger partial charge on any atom is 0.242 e. The lowest BCUT2D eigenvalue weighted by Crippen LogP contribution is -2.55. The fourth-order valence-corrected chi connectivity index (χ4v) is 8.16. The number of aryl methyl sites for hydroxylation is 1. The SMILES string of the molecule is Cc1ccccc1N1CCN(S(=O)(=O)CC23CCC(CC2N=O)C3(C)C)CC1=O. The van der Waals surface area contributed by atoms with Gasteiger partial charge in [-0.2, -0.15) is 9.21 Å². The van der Waals surface area contributed by atoms with E-state index in [-0.39, 0.29) is 30.2 Å². The molecule has 2 bridgehead atoms. The Kier molecular flexibility index (Phi) is 4.85. The van der Waals surface area contributed by atoms with Crippen molar-refractivity contribution in [2.24, 2.45) is 21.9 Å². The quantitative estimate of drug-likeness (QED) is 0.687. The summed E-state index contributed by atoms with van der Waals surface area (Å²) in [5, 5.41) is 3.34. The molecule has 4 rings (SSSR count). The van der Waals surface area contributed by atoms with Gasteiger partial charge >= 0.3 is 0 Å². The third-order valence-corrected chi connectivity index (χ3v) is 9.92. The molecule has 1 saturated heterocycles. The third-order valence-electron chi connectivity index (χ3n) is 7.94. The molecule has 2 saturated carbocycles. The zero-order chi connectivity index (χ0) is 21.0. The zero-order valence-electron chi connectivity index (χ0n) is 17.3. The van der Waals surface area contributed by atoms with Gasteiger partial charge in [-0.3, -0.25) is 4.79 Å². The lowest BCUT2D eigenvalue weighted by molar-refractivity contribution is -0.120. The van der Waals surface area contributed by atoms with Crippen LogP contribution < -0.4 is 4.90 Å². The third kappa shape index (κ3) is 3.03. The second-order valence-corrected chi connectivity index (χ2v) is 11.4. The van der Waals surface area contributed by atoms with Crippen LogP contribution in [0.5, 0.6) is 0 Å². The molecule has 3 fully saturated rings. The molecule has 0 aromatic heterocycles. The summed E-state index contributed by atoms with van der Waals surface area (Å²) in [5.41, 5.74) is 0.939. The minimum absolute atomic E-state index is 0.0997. The number of nitroso groups, excluding NO2 is 1. The van der Waals surface area contributed by atoms with Crippen LogP contribution in [0.1, 0.15) is 38.7 Å². The normalized spacial score (nSPS) is 32.0. The van der Waals surface area contributed by atoms with E-state index < -0.39 is 21.5 Å². The van der Waals surface area contributed by atoms with Gasteiger partial charge in [-0.25, -0.2) is 8.42 Å². The largest absolute Gasteiger partial charge is 0.310 e. The van der Waals surface area contributed by atoms with E-state index in [9.17, 15) is 18.1 Å². The van der Waals surface area contributed by atoms with Gasteiger partial charge in [0, 0.05) is 24.2 Å². The van der Waals surface area contributed by atoms with Crippen LogP contribution in [0, 0.1) is 28.6 Å². The van der Waals surface area contributed by atoms with Crippen LogP contribution in [-0.2, 0) is 14.8 Å². The van der Waals surface area contributed by atoms with Gasteiger partial charge in [0.2, 0.25) is 15.9 Å². The number of hydrogen-bond donors (Lipinski definition) is 0. The average molecular weight is 420 g/mol. The fourth-order valence-electron chi connectivity index (χ4n) is 5.95. The second kappa shape index (κ2) is 6.87. The molecule has 1 aliphatic heterocycles. The number of nitrogens with zero attached hydrogens (tertiary/aromatic N) is 3. The van der Waals surface area contributed by atoms with Crippen molar-refractivity contribution >= 4 is 21.6 Å². The average Bonchev–Trinajstić information content (AvgIpc) is 3.03. The van der Waals surface area contributed by atoms with Crippen LogP contribution in [0.3, 0.4) is 0 Å². The van der Waals surface area contributed by atoms with E-state index in [0.717, 1.165) is 17.7 Å². The highest BCUT2D eigenvalue weighted by Gasteiger charge is 2.66. The molecular formula is C21H29N3O4S. The van der Waals surface area contributed by atoms with E-state index in [0.29, 0.717) is 25.3 Å². The van der Waals surface area contributed by atoms with Crippen molar-refractivity contribution < 1.29 is 13.2 Å². The van der Waals surface area contributed by atoms with Crippen molar-refractivity contribution in [1.82, 2.24) is 4.31 Å².